The Bertz CT molecular complexity index is 952. The highest BCUT2D eigenvalue weighted by atomic mass is 35.5. The summed E-state index contributed by atoms with van der Waals surface area (Å²) >= 11 is 5.95. The standard InChI is InChI=1S/C24H23ClN2O2/c25-19-10-12-21(13-11-19)29-23-9-5-4-8-22(23)26-20-14-16-27(17-15-20)24(28)18-6-2-1-3-7-18/h1-13,20,26H,14-17H2. The lowest BCUT2D eigenvalue weighted by Crippen LogP contribution is -2.42. The van der Waals surface area contributed by atoms with Crippen LogP contribution in [0.3, 0.4) is 0 Å². The number of likely N-dealkylation sites (tertiary alicyclic amines) is 1. The summed E-state index contributed by atoms with van der Waals surface area (Å²) in [5.41, 5.74) is 1.70. The van der Waals surface area contributed by atoms with Gasteiger partial charge in [0.25, 0.3) is 5.91 Å². The number of para-hydroxylation sites is 2. The number of hydrogen-bond donors (Lipinski definition) is 1. The molecule has 4 nitrogen and oxygen atoms in total. The van der Waals surface area contributed by atoms with Crippen LogP contribution < -0.4 is 10.1 Å². The minimum absolute atomic E-state index is 0.107. The van der Waals surface area contributed by atoms with Crippen molar-refractivity contribution in [2.45, 2.75) is 18.9 Å². The van der Waals surface area contributed by atoms with Gasteiger partial charge in [-0.15, -0.1) is 0 Å². The van der Waals surface area contributed by atoms with Crippen molar-refractivity contribution < 1.29 is 9.53 Å². The van der Waals surface area contributed by atoms with Gasteiger partial charge in [0.15, 0.2) is 5.75 Å². The number of piperidine rings is 1. The van der Waals surface area contributed by atoms with E-state index in [1.54, 1.807) is 0 Å². The SMILES string of the molecule is O=C(c1ccccc1)N1CCC(Nc2ccccc2Oc2ccc(Cl)cc2)CC1. The largest absolute Gasteiger partial charge is 0.455 e. The molecule has 0 aromatic heterocycles. The summed E-state index contributed by atoms with van der Waals surface area (Å²) in [6.45, 7) is 1.48. The first-order valence-corrected chi connectivity index (χ1v) is 10.2. The number of amides is 1. The van der Waals surface area contributed by atoms with Crippen molar-refractivity contribution in [3.63, 3.8) is 0 Å². The summed E-state index contributed by atoms with van der Waals surface area (Å²) in [5, 5.41) is 4.27. The Kier molecular flexibility index (Phi) is 6.01. The van der Waals surface area contributed by atoms with E-state index in [-0.39, 0.29) is 5.91 Å². The average molecular weight is 407 g/mol. The number of anilines is 1. The molecular formula is C24H23ClN2O2. The highest BCUT2D eigenvalue weighted by Gasteiger charge is 2.24. The molecule has 4 rings (SSSR count). The second-order valence-electron chi connectivity index (χ2n) is 7.13. The molecule has 1 fully saturated rings. The molecule has 1 heterocycles. The molecule has 0 unspecified atom stereocenters. The molecule has 0 saturated carbocycles. The van der Waals surface area contributed by atoms with Crippen molar-refractivity contribution in [3.8, 4) is 11.5 Å². The Balaban J connectivity index is 1.37. The average Bonchev–Trinajstić information content (AvgIpc) is 2.77. The first kappa shape index (κ1) is 19.3. The maximum atomic E-state index is 12.6. The lowest BCUT2D eigenvalue weighted by Gasteiger charge is -2.33. The summed E-state index contributed by atoms with van der Waals surface area (Å²) in [7, 11) is 0. The molecule has 5 heteroatoms. The Morgan fingerprint density at radius 2 is 1.55 bits per heavy atom. The molecule has 3 aromatic carbocycles. The maximum absolute atomic E-state index is 12.6. The first-order chi connectivity index (χ1) is 14.2. The van der Waals surface area contributed by atoms with E-state index in [4.69, 9.17) is 16.3 Å². The molecule has 1 aliphatic heterocycles. The van der Waals surface area contributed by atoms with Crippen LogP contribution in [0.15, 0.2) is 78.9 Å². The quantitative estimate of drug-likeness (QED) is 0.577. The molecule has 29 heavy (non-hydrogen) atoms. The molecule has 0 aliphatic carbocycles. The highest BCUT2D eigenvalue weighted by Crippen LogP contribution is 2.31. The molecule has 1 amide bonds. The highest BCUT2D eigenvalue weighted by molar-refractivity contribution is 6.30. The predicted molar refractivity (Wildman–Crippen MR) is 117 cm³/mol. The third-order valence-electron chi connectivity index (χ3n) is 5.09. The smallest absolute Gasteiger partial charge is 0.253 e. The third-order valence-corrected chi connectivity index (χ3v) is 5.34. The monoisotopic (exact) mass is 406 g/mol. The Morgan fingerprint density at radius 3 is 2.28 bits per heavy atom. The van der Waals surface area contributed by atoms with E-state index in [1.807, 2.05) is 83.8 Å². The van der Waals surface area contributed by atoms with Crippen LogP contribution in [0.4, 0.5) is 5.69 Å². The molecule has 1 aliphatic rings. The van der Waals surface area contributed by atoms with Crippen LogP contribution in [0.5, 0.6) is 11.5 Å². The van der Waals surface area contributed by atoms with Gasteiger partial charge in [-0.25, -0.2) is 0 Å². The van der Waals surface area contributed by atoms with Crippen LogP contribution in [0, 0.1) is 0 Å². The number of rotatable bonds is 5. The van der Waals surface area contributed by atoms with Crippen molar-refractivity contribution in [2.24, 2.45) is 0 Å². The van der Waals surface area contributed by atoms with Gasteiger partial charge in [-0.05, 0) is 61.4 Å². The van der Waals surface area contributed by atoms with Gasteiger partial charge < -0.3 is 15.0 Å². The molecule has 148 valence electrons. The van der Waals surface area contributed by atoms with Crippen LogP contribution in [-0.2, 0) is 0 Å². The van der Waals surface area contributed by atoms with Crippen LogP contribution in [0.25, 0.3) is 0 Å². The minimum atomic E-state index is 0.107. The number of nitrogens with one attached hydrogen (secondary N) is 1. The molecule has 0 atom stereocenters. The zero-order valence-electron chi connectivity index (χ0n) is 16.1. The third kappa shape index (κ3) is 4.90. The second kappa shape index (κ2) is 9.01. The van der Waals surface area contributed by atoms with E-state index >= 15 is 0 Å². The summed E-state index contributed by atoms with van der Waals surface area (Å²) < 4.78 is 6.04. The first-order valence-electron chi connectivity index (χ1n) is 9.82. The van der Waals surface area contributed by atoms with E-state index in [2.05, 4.69) is 5.32 Å². The summed E-state index contributed by atoms with van der Waals surface area (Å²) in [6, 6.07) is 25.0. The van der Waals surface area contributed by atoms with Gasteiger partial charge in [0.05, 0.1) is 5.69 Å². The number of carbonyl (C=O) groups is 1. The van der Waals surface area contributed by atoms with Gasteiger partial charge in [-0.1, -0.05) is 41.9 Å². The van der Waals surface area contributed by atoms with Crippen molar-refractivity contribution in [3.05, 3.63) is 89.4 Å². The van der Waals surface area contributed by atoms with Gasteiger partial charge in [0.1, 0.15) is 5.75 Å². The fraction of sp³-hybridized carbons (Fsp3) is 0.208. The molecule has 0 spiro atoms. The molecule has 1 N–H and O–H groups in total. The van der Waals surface area contributed by atoms with Crippen molar-refractivity contribution >= 4 is 23.2 Å². The molecule has 0 radical (unpaired) electrons. The van der Waals surface area contributed by atoms with Gasteiger partial charge in [-0.2, -0.15) is 0 Å². The number of nitrogens with zero attached hydrogens (tertiary/aromatic N) is 1. The van der Waals surface area contributed by atoms with E-state index in [0.717, 1.165) is 48.7 Å². The molecule has 0 bridgehead atoms. The summed E-state index contributed by atoms with van der Waals surface area (Å²) in [5.74, 6) is 1.63. The molecule has 3 aromatic rings. The van der Waals surface area contributed by atoms with Crippen molar-refractivity contribution in [1.82, 2.24) is 4.90 Å². The minimum Gasteiger partial charge on any atom is -0.455 e. The van der Waals surface area contributed by atoms with Crippen LogP contribution in [-0.4, -0.2) is 29.9 Å². The fourth-order valence-corrected chi connectivity index (χ4v) is 3.64. The van der Waals surface area contributed by atoms with Crippen LogP contribution in [0.2, 0.25) is 5.02 Å². The number of ether oxygens (including phenoxy) is 1. The van der Waals surface area contributed by atoms with Crippen LogP contribution in [0.1, 0.15) is 23.2 Å². The van der Waals surface area contributed by atoms with E-state index in [9.17, 15) is 4.79 Å². The summed E-state index contributed by atoms with van der Waals surface area (Å²) in [4.78, 5) is 14.6. The lowest BCUT2D eigenvalue weighted by atomic mass is 10.0. The number of benzene rings is 3. The number of halogens is 1. The maximum Gasteiger partial charge on any atom is 0.253 e. The lowest BCUT2D eigenvalue weighted by molar-refractivity contribution is 0.0718. The number of hydrogen-bond acceptors (Lipinski definition) is 3. The van der Waals surface area contributed by atoms with Gasteiger partial charge >= 0.3 is 0 Å². The predicted octanol–water partition coefficient (Wildman–Crippen LogP) is 5.85. The Hall–Kier alpha value is -2.98. The topological polar surface area (TPSA) is 41.6 Å². The fourth-order valence-electron chi connectivity index (χ4n) is 3.51. The van der Waals surface area contributed by atoms with E-state index in [1.165, 1.54) is 0 Å². The second-order valence-corrected chi connectivity index (χ2v) is 7.57. The molecule has 1 saturated heterocycles. The number of carbonyl (C=O) groups excluding carboxylic acids is 1. The summed E-state index contributed by atoms with van der Waals surface area (Å²) in [6.07, 6.45) is 1.79. The van der Waals surface area contributed by atoms with Gasteiger partial charge in [0, 0.05) is 29.7 Å². The Morgan fingerprint density at radius 1 is 0.897 bits per heavy atom. The van der Waals surface area contributed by atoms with E-state index in [0.29, 0.717) is 11.1 Å². The zero-order valence-corrected chi connectivity index (χ0v) is 16.8. The normalized spacial score (nSPS) is 14.4. The Labute approximate surface area is 176 Å². The zero-order chi connectivity index (χ0) is 20.1. The van der Waals surface area contributed by atoms with Gasteiger partial charge in [0.2, 0.25) is 0 Å². The van der Waals surface area contributed by atoms with E-state index < -0.39 is 0 Å². The molecular weight excluding hydrogens is 384 g/mol. The van der Waals surface area contributed by atoms with Crippen LogP contribution >= 0.6 is 11.6 Å². The van der Waals surface area contributed by atoms with Crippen molar-refractivity contribution in [2.75, 3.05) is 18.4 Å². The van der Waals surface area contributed by atoms with Gasteiger partial charge in [-0.3, -0.25) is 4.79 Å². The van der Waals surface area contributed by atoms with Crippen molar-refractivity contribution in [1.29, 1.82) is 0 Å².